The SMILES string of the molecule is CNc1ccc(-c2cccc(N)n2)cn1. The van der Waals surface area contributed by atoms with Gasteiger partial charge in [0.2, 0.25) is 0 Å². The van der Waals surface area contributed by atoms with Crippen LogP contribution in [0.1, 0.15) is 0 Å². The first-order valence-corrected chi connectivity index (χ1v) is 4.66. The number of hydrogen-bond donors (Lipinski definition) is 2. The van der Waals surface area contributed by atoms with Gasteiger partial charge in [-0.2, -0.15) is 0 Å². The van der Waals surface area contributed by atoms with Gasteiger partial charge in [-0.05, 0) is 24.3 Å². The fraction of sp³-hybridized carbons (Fsp3) is 0.0909. The molecule has 2 aromatic rings. The maximum atomic E-state index is 5.61. The highest BCUT2D eigenvalue weighted by Crippen LogP contribution is 2.17. The lowest BCUT2D eigenvalue weighted by atomic mass is 10.2. The lowest BCUT2D eigenvalue weighted by molar-refractivity contribution is 1.26. The molecule has 0 bridgehead atoms. The van der Waals surface area contributed by atoms with Crippen LogP contribution in [-0.4, -0.2) is 17.0 Å². The van der Waals surface area contributed by atoms with E-state index >= 15 is 0 Å². The van der Waals surface area contributed by atoms with Gasteiger partial charge in [-0.25, -0.2) is 9.97 Å². The van der Waals surface area contributed by atoms with E-state index in [-0.39, 0.29) is 0 Å². The predicted molar refractivity (Wildman–Crippen MR) is 61.4 cm³/mol. The zero-order valence-electron chi connectivity index (χ0n) is 8.44. The van der Waals surface area contributed by atoms with Crippen LogP contribution in [0.4, 0.5) is 11.6 Å². The normalized spacial score (nSPS) is 9.93. The van der Waals surface area contributed by atoms with Crippen LogP contribution in [0.3, 0.4) is 0 Å². The fourth-order valence-electron chi connectivity index (χ4n) is 1.31. The summed E-state index contributed by atoms with van der Waals surface area (Å²) in [5, 5.41) is 2.96. The Kier molecular flexibility index (Phi) is 2.49. The summed E-state index contributed by atoms with van der Waals surface area (Å²) < 4.78 is 0. The van der Waals surface area contributed by atoms with Crippen LogP contribution in [-0.2, 0) is 0 Å². The Morgan fingerprint density at radius 1 is 1.20 bits per heavy atom. The topological polar surface area (TPSA) is 63.8 Å². The Bertz CT molecular complexity index is 450. The van der Waals surface area contributed by atoms with Crippen molar-refractivity contribution < 1.29 is 0 Å². The van der Waals surface area contributed by atoms with Gasteiger partial charge in [0, 0.05) is 18.8 Å². The molecular weight excluding hydrogens is 188 g/mol. The van der Waals surface area contributed by atoms with Gasteiger partial charge in [0.15, 0.2) is 0 Å². The second kappa shape index (κ2) is 3.96. The Hall–Kier alpha value is -2.10. The molecule has 0 radical (unpaired) electrons. The van der Waals surface area contributed by atoms with Gasteiger partial charge in [0.25, 0.3) is 0 Å². The zero-order valence-corrected chi connectivity index (χ0v) is 8.44. The van der Waals surface area contributed by atoms with Crippen molar-refractivity contribution in [3.05, 3.63) is 36.5 Å². The van der Waals surface area contributed by atoms with Gasteiger partial charge in [-0.1, -0.05) is 6.07 Å². The van der Waals surface area contributed by atoms with E-state index in [9.17, 15) is 0 Å². The molecular formula is C11H12N4. The van der Waals surface area contributed by atoms with E-state index in [1.165, 1.54) is 0 Å². The molecule has 2 heterocycles. The molecule has 0 aromatic carbocycles. The van der Waals surface area contributed by atoms with E-state index in [0.717, 1.165) is 17.1 Å². The first-order chi connectivity index (χ1) is 7.29. The van der Waals surface area contributed by atoms with E-state index in [1.807, 2.05) is 31.3 Å². The van der Waals surface area contributed by atoms with Crippen molar-refractivity contribution in [1.82, 2.24) is 9.97 Å². The molecule has 4 heteroatoms. The quantitative estimate of drug-likeness (QED) is 0.775. The minimum atomic E-state index is 0.519. The number of nitrogen functional groups attached to an aromatic ring is 1. The van der Waals surface area contributed by atoms with Gasteiger partial charge >= 0.3 is 0 Å². The standard InChI is InChI=1S/C11H12N4/c1-13-11-6-5-8(7-14-11)9-3-2-4-10(12)15-9/h2-7H,1H3,(H2,12,15)(H,13,14). The highest BCUT2D eigenvalue weighted by Gasteiger charge is 1.99. The van der Waals surface area contributed by atoms with Crippen LogP contribution in [0.25, 0.3) is 11.3 Å². The summed E-state index contributed by atoms with van der Waals surface area (Å²) >= 11 is 0. The maximum absolute atomic E-state index is 5.61. The number of nitrogens with one attached hydrogen (secondary N) is 1. The molecule has 76 valence electrons. The molecule has 0 aliphatic heterocycles. The van der Waals surface area contributed by atoms with Crippen LogP contribution < -0.4 is 11.1 Å². The maximum Gasteiger partial charge on any atom is 0.125 e. The summed E-state index contributed by atoms with van der Waals surface area (Å²) in [7, 11) is 1.83. The summed E-state index contributed by atoms with van der Waals surface area (Å²) in [6, 6.07) is 9.41. The molecule has 2 rings (SSSR count). The molecule has 4 nitrogen and oxygen atoms in total. The summed E-state index contributed by atoms with van der Waals surface area (Å²) in [6.07, 6.45) is 1.77. The fourth-order valence-corrected chi connectivity index (χ4v) is 1.31. The minimum Gasteiger partial charge on any atom is -0.384 e. The average Bonchev–Trinajstić information content (AvgIpc) is 2.29. The van der Waals surface area contributed by atoms with Crippen molar-refractivity contribution in [3.8, 4) is 11.3 Å². The highest BCUT2D eigenvalue weighted by molar-refractivity contribution is 5.61. The highest BCUT2D eigenvalue weighted by atomic mass is 14.9. The molecule has 0 saturated heterocycles. The van der Waals surface area contributed by atoms with Crippen molar-refractivity contribution in [2.24, 2.45) is 0 Å². The average molecular weight is 200 g/mol. The molecule has 0 aliphatic rings. The number of aromatic nitrogens is 2. The first-order valence-electron chi connectivity index (χ1n) is 4.66. The van der Waals surface area contributed by atoms with Crippen LogP contribution in [0, 0.1) is 0 Å². The molecule has 3 N–H and O–H groups in total. The van der Waals surface area contributed by atoms with Gasteiger partial charge in [-0.15, -0.1) is 0 Å². The molecule has 0 fully saturated rings. The van der Waals surface area contributed by atoms with E-state index in [2.05, 4.69) is 15.3 Å². The Morgan fingerprint density at radius 3 is 2.67 bits per heavy atom. The Morgan fingerprint density at radius 2 is 2.07 bits per heavy atom. The molecule has 15 heavy (non-hydrogen) atoms. The number of anilines is 2. The predicted octanol–water partition coefficient (Wildman–Crippen LogP) is 1.77. The molecule has 0 aliphatic carbocycles. The second-order valence-electron chi connectivity index (χ2n) is 3.13. The lowest BCUT2D eigenvalue weighted by Crippen LogP contribution is -1.94. The monoisotopic (exact) mass is 200 g/mol. The smallest absolute Gasteiger partial charge is 0.125 e. The largest absolute Gasteiger partial charge is 0.384 e. The third-order valence-electron chi connectivity index (χ3n) is 2.09. The van der Waals surface area contributed by atoms with Crippen LogP contribution in [0.5, 0.6) is 0 Å². The second-order valence-corrected chi connectivity index (χ2v) is 3.13. The van der Waals surface area contributed by atoms with Crippen LogP contribution >= 0.6 is 0 Å². The lowest BCUT2D eigenvalue weighted by Gasteiger charge is -2.02. The number of nitrogens with two attached hydrogens (primary N) is 1. The van der Waals surface area contributed by atoms with Crippen molar-refractivity contribution in [3.63, 3.8) is 0 Å². The molecule has 2 aromatic heterocycles. The Balaban J connectivity index is 2.37. The molecule has 0 spiro atoms. The summed E-state index contributed by atoms with van der Waals surface area (Å²) in [4.78, 5) is 8.43. The van der Waals surface area contributed by atoms with Crippen molar-refractivity contribution >= 4 is 11.6 Å². The van der Waals surface area contributed by atoms with Gasteiger partial charge < -0.3 is 11.1 Å². The number of rotatable bonds is 2. The van der Waals surface area contributed by atoms with Crippen molar-refractivity contribution in [2.75, 3.05) is 18.1 Å². The Labute approximate surface area is 88.2 Å². The first kappa shape index (κ1) is 9.45. The number of nitrogens with zero attached hydrogens (tertiary/aromatic N) is 2. The van der Waals surface area contributed by atoms with E-state index in [0.29, 0.717) is 5.82 Å². The molecule has 0 amide bonds. The van der Waals surface area contributed by atoms with Crippen LogP contribution in [0.15, 0.2) is 36.5 Å². The van der Waals surface area contributed by atoms with Gasteiger partial charge in [0.05, 0.1) is 5.69 Å². The molecule has 0 atom stereocenters. The third kappa shape index (κ3) is 2.04. The number of pyridine rings is 2. The summed E-state index contributed by atoms with van der Waals surface area (Å²) in [5.41, 5.74) is 7.41. The van der Waals surface area contributed by atoms with E-state index < -0.39 is 0 Å². The van der Waals surface area contributed by atoms with E-state index in [1.54, 1.807) is 12.3 Å². The van der Waals surface area contributed by atoms with E-state index in [4.69, 9.17) is 5.73 Å². The summed E-state index contributed by atoms with van der Waals surface area (Å²) in [5.74, 6) is 1.35. The van der Waals surface area contributed by atoms with Gasteiger partial charge in [-0.3, -0.25) is 0 Å². The van der Waals surface area contributed by atoms with Crippen LogP contribution in [0.2, 0.25) is 0 Å². The molecule has 0 saturated carbocycles. The third-order valence-corrected chi connectivity index (χ3v) is 2.09. The zero-order chi connectivity index (χ0) is 10.7. The molecule has 0 unspecified atom stereocenters. The summed E-state index contributed by atoms with van der Waals surface area (Å²) in [6.45, 7) is 0. The minimum absolute atomic E-state index is 0.519. The van der Waals surface area contributed by atoms with Crippen molar-refractivity contribution in [2.45, 2.75) is 0 Å². The van der Waals surface area contributed by atoms with Crippen molar-refractivity contribution in [1.29, 1.82) is 0 Å². The van der Waals surface area contributed by atoms with Gasteiger partial charge in [0.1, 0.15) is 11.6 Å². The number of hydrogen-bond acceptors (Lipinski definition) is 4.